The monoisotopic (exact) mass is 543 g/mol. The van der Waals surface area contributed by atoms with Crippen molar-refractivity contribution >= 4 is 44.5 Å². The highest BCUT2D eigenvalue weighted by molar-refractivity contribution is 8.00. The molecule has 10 nitrogen and oxygen atoms in total. The van der Waals surface area contributed by atoms with Gasteiger partial charge in [0.15, 0.2) is 5.82 Å². The summed E-state index contributed by atoms with van der Waals surface area (Å²) < 4.78 is 38.1. The first-order valence-corrected chi connectivity index (χ1v) is 14.5. The maximum atomic E-state index is 13.1. The fraction of sp³-hybridized carbons (Fsp3) is 0.400. The van der Waals surface area contributed by atoms with E-state index in [0.717, 1.165) is 35.0 Å². The molecular formula is C25H29N5O5S2. The summed E-state index contributed by atoms with van der Waals surface area (Å²) in [7, 11) is -2.09. The van der Waals surface area contributed by atoms with Gasteiger partial charge in [0.05, 0.1) is 42.0 Å². The second-order valence-corrected chi connectivity index (χ2v) is 11.6. The smallest absolute Gasteiger partial charge is 0.243 e. The zero-order valence-corrected chi connectivity index (χ0v) is 22.2. The number of nitrogens with zero attached hydrogens (tertiary/aromatic N) is 5. The van der Waals surface area contributed by atoms with Crippen LogP contribution in [0, 0.1) is 0 Å². The van der Waals surface area contributed by atoms with Crippen molar-refractivity contribution in [1.82, 2.24) is 19.2 Å². The Morgan fingerprint density at radius 2 is 1.59 bits per heavy atom. The summed E-state index contributed by atoms with van der Waals surface area (Å²) in [6, 6.07) is 14.0. The number of carbonyl (C=O) groups is 1. The van der Waals surface area contributed by atoms with E-state index in [1.807, 2.05) is 24.3 Å². The highest BCUT2D eigenvalue weighted by atomic mass is 32.2. The van der Waals surface area contributed by atoms with Crippen molar-refractivity contribution in [2.45, 2.75) is 9.92 Å². The van der Waals surface area contributed by atoms with Crippen LogP contribution >= 0.6 is 11.8 Å². The SMILES string of the molecule is COc1ccc(S(=O)(=O)N2CCN(C(=O)CSc3nc4ccccc4nc3N3CCOCC3)CC2)cc1. The van der Waals surface area contributed by atoms with E-state index < -0.39 is 10.0 Å². The molecule has 0 atom stereocenters. The van der Waals surface area contributed by atoms with Gasteiger partial charge in [0.25, 0.3) is 0 Å². The molecule has 1 aromatic heterocycles. The number of ether oxygens (including phenoxy) is 2. The molecule has 0 N–H and O–H groups in total. The Morgan fingerprint density at radius 3 is 2.24 bits per heavy atom. The number of carbonyl (C=O) groups excluding carboxylic acids is 1. The zero-order chi connectivity index (χ0) is 25.8. The molecule has 1 amide bonds. The van der Waals surface area contributed by atoms with Crippen molar-refractivity contribution in [3.05, 3.63) is 48.5 Å². The summed E-state index contributed by atoms with van der Waals surface area (Å²) in [6.07, 6.45) is 0. The van der Waals surface area contributed by atoms with Gasteiger partial charge in [-0.1, -0.05) is 23.9 Å². The summed E-state index contributed by atoms with van der Waals surface area (Å²) in [4.78, 5) is 26.8. The van der Waals surface area contributed by atoms with E-state index >= 15 is 0 Å². The number of fused-ring (bicyclic) bond motifs is 1. The molecule has 2 saturated heterocycles. The predicted octanol–water partition coefficient (Wildman–Crippen LogP) is 2.10. The number of hydrogen-bond donors (Lipinski definition) is 0. The minimum Gasteiger partial charge on any atom is -0.497 e. The lowest BCUT2D eigenvalue weighted by molar-refractivity contribution is -0.129. The van der Waals surface area contributed by atoms with E-state index in [1.54, 1.807) is 29.2 Å². The lowest BCUT2D eigenvalue weighted by Crippen LogP contribution is -2.51. The summed E-state index contributed by atoms with van der Waals surface area (Å²) in [5.41, 5.74) is 1.60. The quantitative estimate of drug-likeness (QED) is 0.414. The second-order valence-electron chi connectivity index (χ2n) is 8.69. The summed E-state index contributed by atoms with van der Waals surface area (Å²) in [6.45, 7) is 3.88. The molecule has 3 heterocycles. The molecule has 2 aliphatic heterocycles. The number of sulfonamides is 1. The minimum absolute atomic E-state index is 0.0469. The summed E-state index contributed by atoms with van der Waals surface area (Å²) in [5, 5.41) is 0.717. The lowest BCUT2D eigenvalue weighted by Gasteiger charge is -2.34. The molecule has 0 radical (unpaired) electrons. The molecule has 37 heavy (non-hydrogen) atoms. The fourth-order valence-electron chi connectivity index (χ4n) is 4.35. The van der Waals surface area contributed by atoms with Crippen molar-refractivity contribution in [2.75, 3.05) is 70.2 Å². The highest BCUT2D eigenvalue weighted by Crippen LogP contribution is 2.30. The predicted molar refractivity (Wildman–Crippen MR) is 142 cm³/mol. The van der Waals surface area contributed by atoms with Crippen LogP contribution in [0.4, 0.5) is 5.82 Å². The van der Waals surface area contributed by atoms with Crippen LogP contribution in [0.3, 0.4) is 0 Å². The number of rotatable bonds is 7. The van der Waals surface area contributed by atoms with E-state index in [4.69, 9.17) is 19.4 Å². The van der Waals surface area contributed by atoms with E-state index in [2.05, 4.69) is 4.90 Å². The van der Waals surface area contributed by atoms with E-state index in [1.165, 1.54) is 23.2 Å². The molecule has 3 aromatic rings. The number of thioether (sulfide) groups is 1. The number of para-hydroxylation sites is 2. The molecule has 196 valence electrons. The number of anilines is 1. The van der Waals surface area contributed by atoms with Gasteiger partial charge in [-0.2, -0.15) is 4.31 Å². The van der Waals surface area contributed by atoms with Crippen LogP contribution in [0.1, 0.15) is 0 Å². The Kier molecular flexibility index (Phi) is 7.79. The Bertz CT molecular complexity index is 1360. The molecule has 0 spiro atoms. The van der Waals surface area contributed by atoms with Gasteiger partial charge in [0, 0.05) is 39.3 Å². The van der Waals surface area contributed by atoms with Crippen LogP contribution < -0.4 is 9.64 Å². The van der Waals surface area contributed by atoms with Gasteiger partial charge in [-0.05, 0) is 36.4 Å². The van der Waals surface area contributed by atoms with E-state index in [0.29, 0.717) is 32.1 Å². The maximum absolute atomic E-state index is 13.1. The third-order valence-electron chi connectivity index (χ3n) is 6.45. The first-order chi connectivity index (χ1) is 18.0. The van der Waals surface area contributed by atoms with Crippen LogP contribution in [0.25, 0.3) is 11.0 Å². The first kappa shape index (κ1) is 25.7. The molecule has 0 aliphatic carbocycles. The van der Waals surface area contributed by atoms with Gasteiger partial charge in [-0.25, -0.2) is 18.4 Å². The average Bonchev–Trinajstić information content (AvgIpc) is 2.96. The van der Waals surface area contributed by atoms with Gasteiger partial charge in [0.2, 0.25) is 15.9 Å². The molecule has 12 heteroatoms. The van der Waals surface area contributed by atoms with E-state index in [9.17, 15) is 13.2 Å². The molecule has 2 aromatic carbocycles. The first-order valence-electron chi connectivity index (χ1n) is 12.1. The summed E-state index contributed by atoms with van der Waals surface area (Å²) in [5.74, 6) is 1.53. The van der Waals surface area contributed by atoms with Crippen LogP contribution in [0.5, 0.6) is 5.75 Å². The number of amides is 1. The second kappa shape index (κ2) is 11.2. The lowest BCUT2D eigenvalue weighted by atomic mass is 10.3. The Balaban J connectivity index is 1.23. The zero-order valence-electron chi connectivity index (χ0n) is 20.6. The van der Waals surface area contributed by atoms with Gasteiger partial charge >= 0.3 is 0 Å². The number of methoxy groups -OCH3 is 1. The van der Waals surface area contributed by atoms with Gasteiger partial charge in [0.1, 0.15) is 10.8 Å². The Hall–Kier alpha value is -2.93. The van der Waals surface area contributed by atoms with Gasteiger partial charge in [-0.3, -0.25) is 4.79 Å². The molecule has 0 saturated carbocycles. The molecular weight excluding hydrogens is 514 g/mol. The molecule has 2 aliphatic rings. The number of hydrogen-bond acceptors (Lipinski definition) is 9. The number of piperazine rings is 1. The Labute approximate surface area is 220 Å². The topological polar surface area (TPSA) is 105 Å². The highest BCUT2D eigenvalue weighted by Gasteiger charge is 2.30. The third kappa shape index (κ3) is 5.66. The number of morpholine rings is 1. The minimum atomic E-state index is -3.63. The van der Waals surface area contributed by atoms with Crippen LogP contribution in [-0.4, -0.2) is 98.8 Å². The van der Waals surface area contributed by atoms with Crippen molar-refractivity contribution in [3.8, 4) is 5.75 Å². The van der Waals surface area contributed by atoms with E-state index in [-0.39, 0.29) is 29.6 Å². The van der Waals surface area contributed by atoms with Crippen molar-refractivity contribution in [2.24, 2.45) is 0 Å². The van der Waals surface area contributed by atoms with Gasteiger partial charge in [-0.15, -0.1) is 0 Å². The van der Waals surface area contributed by atoms with Crippen LogP contribution in [-0.2, 0) is 19.6 Å². The van der Waals surface area contributed by atoms with Crippen molar-refractivity contribution in [1.29, 1.82) is 0 Å². The average molecular weight is 544 g/mol. The van der Waals surface area contributed by atoms with Gasteiger partial charge < -0.3 is 19.3 Å². The number of benzene rings is 2. The maximum Gasteiger partial charge on any atom is 0.243 e. The molecule has 0 bridgehead atoms. The largest absolute Gasteiger partial charge is 0.497 e. The summed E-state index contributed by atoms with van der Waals surface area (Å²) >= 11 is 1.37. The van der Waals surface area contributed by atoms with Crippen LogP contribution in [0.15, 0.2) is 58.5 Å². The molecule has 0 unspecified atom stereocenters. The standard InChI is InChI=1S/C25H29N5O5S2/c1-34-19-6-8-20(9-7-19)37(32,33)30-12-10-28(11-13-30)23(31)18-36-25-24(29-14-16-35-17-15-29)26-21-4-2-3-5-22(21)27-25/h2-9H,10-18H2,1H3. The Morgan fingerprint density at radius 1 is 0.946 bits per heavy atom. The van der Waals surface area contributed by atoms with Crippen molar-refractivity contribution < 1.29 is 22.7 Å². The number of aromatic nitrogens is 2. The molecule has 5 rings (SSSR count). The van der Waals surface area contributed by atoms with Crippen LogP contribution in [0.2, 0.25) is 0 Å². The normalized spacial score (nSPS) is 17.2. The van der Waals surface area contributed by atoms with Crippen molar-refractivity contribution in [3.63, 3.8) is 0 Å². The third-order valence-corrected chi connectivity index (χ3v) is 9.30. The fourth-order valence-corrected chi connectivity index (χ4v) is 6.68. The molecule has 2 fully saturated rings.